The molecule has 0 atom stereocenters. The summed E-state index contributed by atoms with van der Waals surface area (Å²) in [5, 5.41) is 9.36. The molecule has 0 amide bonds. The lowest BCUT2D eigenvalue weighted by atomic mass is 11.2. The van der Waals surface area contributed by atoms with Crippen LogP contribution in [0.5, 0.6) is 0 Å². The zero-order valence-electron chi connectivity index (χ0n) is 3.60. The van der Waals surface area contributed by atoms with Gasteiger partial charge in [-0.1, -0.05) is 0 Å². The number of nitrogens with one attached hydrogen (secondary N) is 3. The summed E-state index contributed by atoms with van der Waals surface area (Å²) < 4.78 is 0. The molecule has 0 fully saturated rings. The van der Waals surface area contributed by atoms with Crippen LogP contribution in [0.15, 0.2) is 0 Å². The van der Waals surface area contributed by atoms with Crippen molar-refractivity contribution in [3.8, 4) is 0 Å². The highest BCUT2D eigenvalue weighted by Crippen LogP contribution is 1.38. The van der Waals surface area contributed by atoms with Crippen LogP contribution in [0.4, 0.5) is 0 Å². The molecule has 0 aliphatic carbocycles. The summed E-state index contributed by atoms with van der Waals surface area (Å²) in [4.78, 5) is 3.80. The van der Waals surface area contributed by atoms with Crippen molar-refractivity contribution in [2.75, 3.05) is 6.67 Å². The van der Waals surface area contributed by atoms with Crippen LogP contribution in [0.25, 0.3) is 0 Å². The Hall–Kier alpha value is -0.240. The van der Waals surface area contributed by atoms with Crippen molar-refractivity contribution in [2.24, 2.45) is 5.90 Å². The van der Waals surface area contributed by atoms with Gasteiger partial charge in [0.05, 0.1) is 0 Å². The van der Waals surface area contributed by atoms with Gasteiger partial charge in [0.1, 0.15) is 0 Å². The Kier molecular flexibility index (Phi) is 5.56. The second-order valence-electron chi connectivity index (χ2n) is 0.718. The lowest BCUT2D eigenvalue weighted by molar-refractivity contribution is 0.00907. The van der Waals surface area contributed by atoms with E-state index in [4.69, 9.17) is 0 Å². The highest BCUT2D eigenvalue weighted by molar-refractivity contribution is 4.31. The molecule has 0 aliphatic rings. The Bertz CT molecular complexity index is 28.9. The van der Waals surface area contributed by atoms with Crippen molar-refractivity contribution in [2.45, 2.75) is 0 Å². The molecule has 0 aromatic rings. The van der Waals surface area contributed by atoms with Crippen molar-refractivity contribution < 1.29 is 4.94 Å². The van der Waals surface area contributed by atoms with Crippen LogP contribution in [0.1, 0.15) is 0 Å². The third kappa shape index (κ3) is 5.76. The molecule has 0 unspecified atom stereocenters. The molecule has 6 nitrogen and oxygen atoms in total. The standard InChI is InChI=1S/CH7N4O2/c2-7-5-3-1-4-6/h3-5H,1-2H2/q-1. The summed E-state index contributed by atoms with van der Waals surface area (Å²) in [7, 11) is 0. The van der Waals surface area contributed by atoms with E-state index >= 15 is 0 Å². The second-order valence-corrected chi connectivity index (χ2v) is 0.718. The molecule has 0 bridgehead atoms. The van der Waals surface area contributed by atoms with Crippen LogP contribution in [0.3, 0.4) is 0 Å². The number of hydrogen-bond acceptors (Lipinski definition) is 6. The quantitative estimate of drug-likeness (QED) is 0.187. The second kappa shape index (κ2) is 5.76. The van der Waals surface area contributed by atoms with Crippen molar-refractivity contribution in [3.05, 3.63) is 5.21 Å². The third-order valence-corrected chi connectivity index (χ3v) is 0.292. The molecule has 5 N–H and O–H groups in total. The first-order valence-electron chi connectivity index (χ1n) is 1.60. The lowest BCUT2D eigenvalue weighted by Gasteiger charge is -2.06. The van der Waals surface area contributed by atoms with Crippen LogP contribution in [0.2, 0.25) is 0 Å². The molecule has 0 rings (SSSR count). The highest BCUT2D eigenvalue weighted by atomic mass is 16.8. The minimum Gasteiger partial charge on any atom is -0.787 e. The minimum atomic E-state index is 0.0528. The van der Waals surface area contributed by atoms with Gasteiger partial charge in [-0.15, -0.1) is 5.59 Å². The van der Waals surface area contributed by atoms with Gasteiger partial charge in [-0.3, -0.25) is 0 Å². The molecule has 0 aromatic carbocycles. The Morgan fingerprint density at radius 2 is 2.43 bits per heavy atom. The van der Waals surface area contributed by atoms with Crippen LogP contribution >= 0.6 is 0 Å². The van der Waals surface area contributed by atoms with E-state index in [1.54, 1.807) is 5.48 Å². The van der Waals surface area contributed by atoms with Crippen LogP contribution < -0.4 is 22.4 Å². The molecular weight excluding hydrogens is 100 g/mol. The van der Waals surface area contributed by atoms with E-state index in [-0.39, 0.29) is 6.67 Å². The fraction of sp³-hybridized carbons (Fsp3) is 1.00. The maximum Gasteiger partial charge on any atom is 0.0499 e. The average molecular weight is 107 g/mol. The van der Waals surface area contributed by atoms with Gasteiger partial charge in [-0.05, 0) is 0 Å². The summed E-state index contributed by atoms with van der Waals surface area (Å²) in [6.45, 7) is 0.0528. The zero-order chi connectivity index (χ0) is 5.54. The molecule has 0 saturated heterocycles. The molecule has 0 heterocycles. The summed E-state index contributed by atoms with van der Waals surface area (Å²) in [5.41, 5.74) is 5.82. The highest BCUT2D eigenvalue weighted by Gasteiger charge is 1.69. The fourth-order valence-corrected chi connectivity index (χ4v) is 0.114. The molecule has 6 heteroatoms. The largest absolute Gasteiger partial charge is 0.787 e. The number of rotatable bonds is 4. The van der Waals surface area contributed by atoms with Gasteiger partial charge in [0.15, 0.2) is 0 Å². The SMILES string of the molecule is NONNCN[O-]. The van der Waals surface area contributed by atoms with E-state index in [1.807, 2.05) is 5.59 Å². The predicted octanol–water partition coefficient (Wildman–Crippen LogP) is -2.07. The van der Waals surface area contributed by atoms with E-state index < -0.39 is 0 Å². The normalized spacial score (nSPS) is 9.43. The molecule has 7 heavy (non-hydrogen) atoms. The lowest BCUT2D eigenvalue weighted by Crippen LogP contribution is -2.38. The number of hydrazine groups is 1. The number of hydrogen-bond donors (Lipinski definition) is 4. The van der Waals surface area contributed by atoms with Crippen LogP contribution in [-0.2, 0) is 4.94 Å². The van der Waals surface area contributed by atoms with E-state index in [2.05, 4.69) is 16.3 Å². The molecular formula is CH7N4O2-. The monoisotopic (exact) mass is 107 g/mol. The van der Waals surface area contributed by atoms with Gasteiger partial charge in [0.2, 0.25) is 0 Å². The van der Waals surface area contributed by atoms with Gasteiger partial charge in [-0.25, -0.2) is 10.4 Å². The van der Waals surface area contributed by atoms with Gasteiger partial charge >= 0.3 is 0 Å². The van der Waals surface area contributed by atoms with Gasteiger partial charge in [0.25, 0.3) is 0 Å². The molecule has 44 valence electrons. The summed E-state index contributed by atoms with van der Waals surface area (Å²) in [5.74, 6) is 4.47. The van der Waals surface area contributed by atoms with E-state index in [9.17, 15) is 5.21 Å². The Labute approximate surface area is 40.5 Å². The first kappa shape index (κ1) is 6.76. The number of hydroxylamine groups is 1. The zero-order valence-corrected chi connectivity index (χ0v) is 3.60. The van der Waals surface area contributed by atoms with E-state index in [0.29, 0.717) is 0 Å². The molecule has 0 aromatic heterocycles. The number of nitrogens with two attached hydrogens (primary N) is 1. The maximum absolute atomic E-state index is 9.36. The summed E-state index contributed by atoms with van der Waals surface area (Å²) in [6.07, 6.45) is 0. The van der Waals surface area contributed by atoms with Crippen LogP contribution in [-0.4, -0.2) is 6.67 Å². The smallest absolute Gasteiger partial charge is 0.0499 e. The van der Waals surface area contributed by atoms with Gasteiger partial charge < -0.3 is 10.7 Å². The Morgan fingerprint density at radius 3 is 2.86 bits per heavy atom. The van der Waals surface area contributed by atoms with E-state index in [1.165, 1.54) is 0 Å². The van der Waals surface area contributed by atoms with Gasteiger partial charge in [0, 0.05) is 6.67 Å². The van der Waals surface area contributed by atoms with Crippen molar-refractivity contribution >= 4 is 0 Å². The first-order chi connectivity index (χ1) is 3.41. The van der Waals surface area contributed by atoms with Crippen molar-refractivity contribution in [1.29, 1.82) is 0 Å². The molecule has 0 radical (unpaired) electrons. The Balaban J connectivity index is 2.45. The summed E-state index contributed by atoms with van der Waals surface area (Å²) in [6, 6.07) is 0. The van der Waals surface area contributed by atoms with Gasteiger partial charge in [-0.2, -0.15) is 5.90 Å². The van der Waals surface area contributed by atoms with Crippen molar-refractivity contribution in [3.63, 3.8) is 0 Å². The van der Waals surface area contributed by atoms with Crippen LogP contribution in [0, 0.1) is 5.21 Å². The molecule has 0 aliphatic heterocycles. The maximum atomic E-state index is 9.36. The molecule has 0 spiro atoms. The third-order valence-electron chi connectivity index (χ3n) is 0.292. The average Bonchev–Trinajstić information content (AvgIpc) is 1.69. The minimum absolute atomic E-state index is 0.0528. The van der Waals surface area contributed by atoms with E-state index in [0.717, 1.165) is 0 Å². The first-order valence-corrected chi connectivity index (χ1v) is 1.60. The Morgan fingerprint density at radius 1 is 1.71 bits per heavy atom. The summed E-state index contributed by atoms with van der Waals surface area (Å²) >= 11 is 0. The predicted molar refractivity (Wildman–Crippen MR) is 22.9 cm³/mol. The topological polar surface area (TPSA) is 94.4 Å². The van der Waals surface area contributed by atoms with Crippen molar-refractivity contribution in [1.82, 2.24) is 16.5 Å². The fourth-order valence-electron chi connectivity index (χ4n) is 0.114. The molecule has 0 saturated carbocycles.